The Morgan fingerprint density at radius 2 is 1.63 bits per heavy atom. The molecule has 1 saturated carbocycles. The monoisotopic (exact) mass is 471 g/mol. The van der Waals surface area contributed by atoms with Gasteiger partial charge in [0.2, 0.25) is 5.91 Å². The van der Waals surface area contributed by atoms with Crippen molar-refractivity contribution in [2.24, 2.45) is 5.92 Å². The van der Waals surface area contributed by atoms with Crippen LogP contribution in [-0.4, -0.2) is 40.7 Å². The van der Waals surface area contributed by atoms with Crippen LogP contribution in [-0.2, 0) is 9.53 Å². The molecule has 0 radical (unpaired) electrons. The zero-order chi connectivity index (χ0) is 24.4. The smallest absolute Gasteiger partial charge is 0.407 e. The first-order valence-corrected chi connectivity index (χ1v) is 11.6. The number of ether oxygens (including phenoxy) is 1. The number of anilines is 1. The number of rotatable bonds is 7. The highest BCUT2D eigenvalue weighted by atomic mass is 16.5. The first-order valence-electron chi connectivity index (χ1n) is 11.6. The first kappa shape index (κ1) is 22.6. The maximum absolute atomic E-state index is 13.0. The second kappa shape index (κ2) is 9.58. The number of aromatic carboxylic acids is 1. The molecule has 2 amide bonds. The molecule has 178 valence electrons. The molecule has 0 aliphatic heterocycles. The SMILES string of the molecule is O=C(NC(C(=O)Nc1ccc(C(=O)O)nc1)C1CCC1)OCC1c2ccccc2-c2ccccc21. The minimum atomic E-state index is -1.15. The van der Waals surface area contributed by atoms with Crippen LogP contribution in [0.2, 0.25) is 0 Å². The van der Waals surface area contributed by atoms with E-state index in [1.165, 1.54) is 18.3 Å². The molecular formula is C27H25N3O5. The maximum Gasteiger partial charge on any atom is 0.407 e. The number of amides is 2. The number of benzene rings is 2. The van der Waals surface area contributed by atoms with Gasteiger partial charge in [0.1, 0.15) is 18.3 Å². The van der Waals surface area contributed by atoms with E-state index in [9.17, 15) is 14.4 Å². The lowest BCUT2D eigenvalue weighted by Gasteiger charge is -2.33. The zero-order valence-corrected chi connectivity index (χ0v) is 18.9. The highest BCUT2D eigenvalue weighted by molar-refractivity contribution is 5.97. The van der Waals surface area contributed by atoms with Gasteiger partial charge < -0.3 is 20.5 Å². The lowest BCUT2D eigenvalue weighted by atomic mass is 9.79. The van der Waals surface area contributed by atoms with E-state index in [4.69, 9.17) is 9.84 Å². The Kier molecular flexibility index (Phi) is 6.18. The van der Waals surface area contributed by atoms with Crippen LogP contribution >= 0.6 is 0 Å². The van der Waals surface area contributed by atoms with E-state index >= 15 is 0 Å². The van der Waals surface area contributed by atoms with Crippen molar-refractivity contribution in [3.8, 4) is 11.1 Å². The van der Waals surface area contributed by atoms with Crippen LogP contribution in [0.1, 0.15) is 46.8 Å². The van der Waals surface area contributed by atoms with Gasteiger partial charge in [-0.05, 0) is 53.1 Å². The number of carbonyl (C=O) groups excluding carboxylic acids is 2. The fourth-order valence-corrected chi connectivity index (χ4v) is 4.75. The average Bonchev–Trinajstić information content (AvgIpc) is 3.15. The Morgan fingerprint density at radius 1 is 0.971 bits per heavy atom. The van der Waals surface area contributed by atoms with Crippen LogP contribution in [0, 0.1) is 5.92 Å². The molecule has 2 aliphatic rings. The fraction of sp³-hybridized carbons (Fsp3) is 0.259. The van der Waals surface area contributed by atoms with Crippen LogP contribution < -0.4 is 10.6 Å². The summed E-state index contributed by atoms with van der Waals surface area (Å²) in [6, 6.07) is 18.2. The molecule has 35 heavy (non-hydrogen) atoms. The Morgan fingerprint density at radius 3 is 2.17 bits per heavy atom. The maximum atomic E-state index is 13.0. The highest BCUT2D eigenvalue weighted by Crippen LogP contribution is 2.44. The fourth-order valence-electron chi connectivity index (χ4n) is 4.75. The molecule has 5 rings (SSSR count). The van der Waals surface area contributed by atoms with Gasteiger partial charge in [0.25, 0.3) is 0 Å². The van der Waals surface area contributed by atoms with E-state index in [-0.39, 0.29) is 30.0 Å². The van der Waals surface area contributed by atoms with Crippen molar-refractivity contribution in [1.82, 2.24) is 10.3 Å². The molecule has 3 aromatic rings. The van der Waals surface area contributed by atoms with E-state index in [0.29, 0.717) is 5.69 Å². The molecule has 0 saturated heterocycles. The summed E-state index contributed by atoms with van der Waals surface area (Å²) in [5.74, 6) is -1.58. The molecule has 8 nitrogen and oxygen atoms in total. The van der Waals surface area contributed by atoms with Crippen molar-refractivity contribution in [1.29, 1.82) is 0 Å². The molecule has 2 aliphatic carbocycles. The van der Waals surface area contributed by atoms with Gasteiger partial charge in [-0.15, -0.1) is 0 Å². The molecule has 1 unspecified atom stereocenters. The van der Waals surface area contributed by atoms with Gasteiger partial charge in [0, 0.05) is 5.92 Å². The van der Waals surface area contributed by atoms with Crippen LogP contribution in [0.3, 0.4) is 0 Å². The Hall–Kier alpha value is -4.20. The van der Waals surface area contributed by atoms with E-state index in [2.05, 4.69) is 39.9 Å². The topological polar surface area (TPSA) is 118 Å². The van der Waals surface area contributed by atoms with Crippen molar-refractivity contribution in [3.05, 3.63) is 83.7 Å². The first-order chi connectivity index (χ1) is 17.0. The number of carbonyl (C=O) groups is 3. The molecule has 1 fully saturated rings. The van der Waals surface area contributed by atoms with Crippen LogP contribution in [0.25, 0.3) is 11.1 Å². The van der Waals surface area contributed by atoms with E-state index in [1.54, 1.807) is 0 Å². The number of aromatic nitrogens is 1. The molecule has 0 bridgehead atoms. The number of alkyl carbamates (subject to hydrolysis) is 1. The van der Waals surface area contributed by atoms with Crippen molar-refractivity contribution in [2.75, 3.05) is 11.9 Å². The average molecular weight is 472 g/mol. The number of carboxylic acids is 1. The third-order valence-corrected chi connectivity index (χ3v) is 6.77. The summed E-state index contributed by atoms with van der Waals surface area (Å²) in [6.07, 6.45) is 3.30. The van der Waals surface area contributed by atoms with Gasteiger partial charge in [-0.2, -0.15) is 0 Å². The Labute approximate surface area is 202 Å². The molecule has 1 aromatic heterocycles. The summed E-state index contributed by atoms with van der Waals surface area (Å²) >= 11 is 0. The molecule has 8 heteroatoms. The van der Waals surface area contributed by atoms with Crippen molar-refractivity contribution in [3.63, 3.8) is 0 Å². The third-order valence-electron chi connectivity index (χ3n) is 6.77. The number of fused-ring (bicyclic) bond motifs is 3. The van der Waals surface area contributed by atoms with Gasteiger partial charge in [-0.25, -0.2) is 14.6 Å². The lowest BCUT2D eigenvalue weighted by molar-refractivity contribution is -0.120. The van der Waals surface area contributed by atoms with Gasteiger partial charge in [0.05, 0.1) is 11.9 Å². The van der Waals surface area contributed by atoms with Crippen molar-refractivity contribution >= 4 is 23.7 Å². The normalized spacial score (nSPS) is 15.3. The molecule has 2 aromatic carbocycles. The number of pyridine rings is 1. The highest BCUT2D eigenvalue weighted by Gasteiger charge is 2.35. The molecular weight excluding hydrogens is 446 g/mol. The molecule has 0 spiro atoms. The summed E-state index contributed by atoms with van der Waals surface area (Å²) in [4.78, 5) is 40.5. The van der Waals surface area contributed by atoms with Crippen LogP contribution in [0.4, 0.5) is 10.5 Å². The number of carboxylic acid groups (broad SMARTS) is 1. The largest absolute Gasteiger partial charge is 0.477 e. The van der Waals surface area contributed by atoms with E-state index in [1.807, 2.05) is 24.3 Å². The van der Waals surface area contributed by atoms with Crippen LogP contribution in [0.15, 0.2) is 66.9 Å². The van der Waals surface area contributed by atoms with Gasteiger partial charge in [0.15, 0.2) is 0 Å². The second-order valence-corrected chi connectivity index (χ2v) is 8.87. The van der Waals surface area contributed by atoms with Gasteiger partial charge >= 0.3 is 12.1 Å². The minimum Gasteiger partial charge on any atom is -0.477 e. The van der Waals surface area contributed by atoms with E-state index in [0.717, 1.165) is 41.5 Å². The second-order valence-electron chi connectivity index (χ2n) is 8.87. The molecule has 1 atom stereocenters. The molecule has 1 heterocycles. The quantitative estimate of drug-likeness (QED) is 0.469. The molecule has 3 N–H and O–H groups in total. The Bertz CT molecular complexity index is 1220. The lowest BCUT2D eigenvalue weighted by Crippen LogP contribution is -2.50. The van der Waals surface area contributed by atoms with E-state index < -0.39 is 18.1 Å². The summed E-state index contributed by atoms with van der Waals surface area (Å²) in [7, 11) is 0. The number of nitrogens with zero attached hydrogens (tertiary/aromatic N) is 1. The standard InChI is InChI=1S/C27H25N3O5/c31-25(29-17-12-13-23(26(32)33)28-14-17)24(16-6-5-7-16)30-27(34)35-15-22-20-10-3-1-8-18(20)19-9-2-4-11-21(19)22/h1-4,8-14,16,22,24H,5-7,15H2,(H,29,31)(H,30,34)(H,32,33). The summed E-state index contributed by atoms with van der Waals surface area (Å²) < 4.78 is 5.62. The number of nitrogens with one attached hydrogen (secondary N) is 2. The van der Waals surface area contributed by atoms with Crippen molar-refractivity contribution < 1.29 is 24.2 Å². The summed E-state index contributed by atoms with van der Waals surface area (Å²) in [6.45, 7) is 0.166. The summed E-state index contributed by atoms with van der Waals surface area (Å²) in [5, 5.41) is 14.5. The predicted octanol–water partition coefficient (Wildman–Crippen LogP) is 4.43. The van der Waals surface area contributed by atoms with Gasteiger partial charge in [-0.1, -0.05) is 55.0 Å². The predicted molar refractivity (Wildman–Crippen MR) is 129 cm³/mol. The van der Waals surface area contributed by atoms with Crippen LogP contribution in [0.5, 0.6) is 0 Å². The minimum absolute atomic E-state index is 0.0155. The number of hydrogen-bond donors (Lipinski definition) is 3. The number of hydrogen-bond acceptors (Lipinski definition) is 5. The summed E-state index contributed by atoms with van der Waals surface area (Å²) in [5.41, 5.74) is 4.77. The third kappa shape index (κ3) is 4.59. The van der Waals surface area contributed by atoms with Gasteiger partial charge in [-0.3, -0.25) is 4.79 Å². The zero-order valence-electron chi connectivity index (χ0n) is 18.9. The van der Waals surface area contributed by atoms with Crippen molar-refractivity contribution in [2.45, 2.75) is 31.2 Å². The Balaban J connectivity index is 1.24.